The first-order valence-corrected chi connectivity index (χ1v) is 20.0. The van der Waals surface area contributed by atoms with E-state index in [4.69, 9.17) is 18.9 Å². The first kappa shape index (κ1) is 49.9. The maximum Gasteiger partial charge on any atom is 0.373 e. The van der Waals surface area contributed by atoms with Gasteiger partial charge in [-0.1, -0.05) is 83.9 Å². The molecule has 0 radical (unpaired) electrons. The third-order valence-electron chi connectivity index (χ3n) is 11.1. The van der Waals surface area contributed by atoms with Crippen molar-refractivity contribution in [3.63, 3.8) is 0 Å². The zero-order valence-electron chi connectivity index (χ0n) is 35.8. The van der Waals surface area contributed by atoms with Crippen LogP contribution < -0.4 is 5.32 Å². The van der Waals surface area contributed by atoms with Gasteiger partial charge in [0.2, 0.25) is 11.7 Å². The summed E-state index contributed by atoms with van der Waals surface area (Å²) in [6.45, 7) is 15.8. The van der Waals surface area contributed by atoms with Crippen LogP contribution in [0.4, 0.5) is 0 Å². The van der Waals surface area contributed by atoms with E-state index < -0.39 is 102 Å². The second-order valence-corrected chi connectivity index (χ2v) is 16.2. The Bertz CT molecular complexity index is 1610. The van der Waals surface area contributed by atoms with Crippen molar-refractivity contribution in [1.82, 2.24) is 5.32 Å². The summed E-state index contributed by atoms with van der Waals surface area (Å²) in [4.78, 5) is 76.6. The van der Waals surface area contributed by atoms with Crippen molar-refractivity contribution in [3.8, 4) is 0 Å². The highest BCUT2D eigenvalue weighted by molar-refractivity contribution is 6.14. The van der Waals surface area contributed by atoms with Gasteiger partial charge in [0.25, 0.3) is 0 Å². The van der Waals surface area contributed by atoms with Gasteiger partial charge in [0.05, 0.1) is 25.4 Å². The Labute approximate surface area is 342 Å². The molecule has 11 unspecified atom stereocenters. The molecule has 1 heterocycles. The van der Waals surface area contributed by atoms with Crippen LogP contribution in [0.25, 0.3) is 0 Å². The molecule has 1 saturated carbocycles. The van der Waals surface area contributed by atoms with Crippen molar-refractivity contribution in [3.05, 3.63) is 59.4 Å². The lowest BCUT2D eigenvalue weighted by Gasteiger charge is -2.34. The number of aliphatic hydroxyl groups is 3. The van der Waals surface area contributed by atoms with E-state index in [0.717, 1.165) is 17.7 Å². The van der Waals surface area contributed by atoms with Crippen LogP contribution in [0.1, 0.15) is 88.0 Å². The molecule has 324 valence electrons. The molecule has 0 aromatic rings. The number of esters is 2. The summed E-state index contributed by atoms with van der Waals surface area (Å²) >= 11 is 0. The normalized spacial score (nSPS) is 29.4. The average molecular weight is 816 g/mol. The van der Waals surface area contributed by atoms with E-state index in [9.17, 15) is 44.1 Å². The molecule has 2 aliphatic rings. The number of amides is 1. The van der Waals surface area contributed by atoms with Crippen LogP contribution in [0.5, 0.6) is 0 Å². The highest BCUT2D eigenvalue weighted by atomic mass is 16.6. The monoisotopic (exact) mass is 815 g/mol. The molecule has 11 atom stereocenters. The quantitative estimate of drug-likeness (QED) is 0.105. The Morgan fingerprint density at radius 3 is 2.16 bits per heavy atom. The number of carbonyl (C=O) groups is 6. The van der Waals surface area contributed by atoms with Gasteiger partial charge < -0.3 is 39.6 Å². The van der Waals surface area contributed by atoms with Crippen molar-refractivity contribution < 1.29 is 63.0 Å². The van der Waals surface area contributed by atoms with Crippen LogP contribution in [0, 0.1) is 35.5 Å². The minimum atomic E-state index is -1.41. The van der Waals surface area contributed by atoms with Gasteiger partial charge in [0.15, 0.2) is 11.6 Å². The number of hydrogen-bond acceptors (Lipinski definition) is 13. The Kier molecular flexibility index (Phi) is 20.1. The number of cyclic esters (lactones) is 1. The molecule has 58 heavy (non-hydrogen) atoms. The van der Waals surface area contributed by atoms with Gasteiger partial charge >= 0.3 is 11.9 Å². The summed E-state index contributed by atoms with van der Waals surface area (Å²) in [5.74, 6) is -7.56. The lowest BCUT2D eigenvalue weighted by Crippen LogP contribution is -2.46. The molecular weight excluding hydrogens is 750 g/mol. The molecule has 1 aliphatic heterocycles. The van der Waals surface area contributed by atoms with Crippen LogP contribution in [0.3, 0.4) is 0 Å². The van der Waals surface area contributed by atoms with E-state index in [1.807, 2.05) is 32.9 Å². The maximum atomic E-state index is 13.9. The Hall–Kier alpha value is -4.24. The first-order valence-electron chi connectivity index (χ1n) is 20.0. The second kappa shape index (κ2) is 23.4. The summed E-state index contributed by atoms with van der Waals surface area (Å²) < 4.78 is 22.8. The van der Waals surface area contributed by atoms with E-state index >= 15 is 0 Å². The summed E-state index contributed by atoms with van der Waals surface area (Å²) in [7, 11) is 2.74. The minimum Gasteiger partial charge on any atom is -0.490 e. The highest BCUT2D eigenvalue weighted by Crippen LogP contribution is 2.29. The lowest BCUT2D eigenvalue weighted by atomic mass is 9.81. The number of aliphatic hydroxyl groups excluding tert-OH is 3. The fourth-order valence-electron chi connectivity index (χ4n) is 7.28. The molecule has 14 nitrogen and oxygen atoms in total. The number of nitrogens with one attached hydrogen (secondary N) is 1. The molecular formula is C44H65NO13. The predicted molar refractivity (Wildman–Crippen MR) is 216 cm³/mol. The lowest BCUT2D eigenvalue weighted by molar-refractivity contribution is -0.162. The molecule has 0 bridgehead atoms. The standard InChI is InChI=1S/C44H65NO13/c1-23(2)40(51)29(8)35(57-38(50)18-17-37(49)45-39-31(46)15-16-32(39)47)22-33(48)28(7)42(53)30(9)43-34(55-10)14-12-13-24(3)19-26(5)41(52)27(6)20-25(4)21-36(56-11)44(54)58-43/h12-14,17-18,20-21,23,26-30,34-35,39-43,51-53H,15-16,19,22H2,1-11H3,(H,45,49)/b14-12+,18-17+,24-13+,25-20+,36-21-. The van der Waals surface area contributed by atoms with Crippen LogP contribution in [0.2, 0.25) is 0 Å². The smallest absolute Gasteiger partial charge is 0.373 e. The van der Waals surface area contributed by atoms with E-state index in [0.29, 0.717) is 12.0 Å². The van der Waals surface area contributed by atoms with Gasteiger partial charge in [-0.2, -0.15) is 0 Å². The predicted octanol–water partition coefficient (Wildman–Crippen LogP) is 4.06. The molecule has 1 amide bonds. The highest BCUT2D eigenvalue weighted by Gasteiger charge is 2.40. The van der Waals surface area contributed by atoms with Crippen LogP contribution in [-0.4, -0.2) is 107 Å². The molecule has 2 rings (SSSR count). The molecule has 1 fully saturated rings. The van der Waals surface area contributed by atoms with Crippen molar-refractivity contribution in [2.24, 2.45) is 35.5 Å². The third kappa shape index (κ3) is 14.5. The number of allylic oxidation sites excluding steroid dienone is 5. The second-order valence-electron chi connectivity index (χ2n) is 16.2. The number of carbonyl (C=O) groups excluding carboxylic acids is 6. The topological polar surface area (TPSA) is 212 Å². The van der Waals surface area contributed by atoms with Crippen LogP contribution >= 0.6 is 0 Å². The van der Waals surface area contributed by atoms with Crippen LogP contribution in [0.15, 0.2) is 59.4 Å². The summed E-state index contributed by atoms with van der Waals surface area (Å²) in [5.41, 5.74) is 1.64. The van der Waals surface area contributed by atoms with Gasteiger partial charge in [0, 0.05) is 62.2 Å². The SMILES string of the molecule is CO/C1=C\C(C)=C\C(C)C(O)C(C)C/C(C)=C/C=C/C(OC)C(C(C)C(O)C(C)C(=O)CC(OC(=O)/C=C/C(=O)NC2C(=O)CCC2=O)C(C)C(O)C(C)C)OC1=O. The molecule has 1 aliphatic carbocycles. The van der Waals surface area contributed by atoms with Crippen molar-refractivity contribution in [2.75, 3.05) is 14.2 Å². The molecule has 0 saturated heterocycles. The summed E-state index contributed by atoms with van der Waals surface area (Å²) in [6, 6.07) is -1.27. The molecule has 4 N–H and O–H groups in total. The third-order valence-corrected chi connectivity index (χ3v) is 11.1. The summed E-state index contributed by atoms with van der Waals surface area (Å²) in [5, 5.41) is 35.9. The zero-order chi connectivity index (χ0) is 44.0. The van der Waals surface area contributed by atoms with Gasteiger partial charge in [-0.3, -0.25) is 19.2 Å². The Morgan fingerprint density at radius 2 is 1.59 bits per heavy atom. The average Bonchev–Trinajstić information content (AvgIpc) is 3.49. The fraction of sp³-hybridized carbons (Fsp3) is 0.636. The van der Waals surface area contributed by atoms with Crippen molar-refractivity contribution in [1.29, 1.82) is 0 Å². The number of Topliss-reactive ketones (excluding diaryl/α,β-unsaturated/α-hetero) is 3. The molecule has 0 aromatic carbocycles. The van der Waals surface area contributed by atoms with Gasteiger partial charge in [-0.15, -0.1) is 0 Å². The number of ether oxygens (including phenoxy) is 4. The number of hydrogen-bond donors (Lipinski definition) is 4. The van der Waals surface area contributed by atoms with E-state index in [1.54, 1.807) is 46.8 Å². The largest absolute Gasteiger partial charge is 0.490 e. The minimum absolute atomic E-state index is 0.0237. The zero-order valence-corrected chi connectivity index (χ0v) is 35.8. The molecule has 0 aromatic heterocycles. The van der Waals surface area contributed by atoms with Gasteiger partial charge in [-0.25, -0.2) is 9.59 Å². The number of rotatable bonds is 15. The van der Waals surface area contributed by atoms with Crippen molar-refractivity contribution >= 4 is 35.2 Å². The molecule has 0 spiro atoms. The number of methoxy groups -OCH3 is 2. The Morgan fingerprint density at radius 1 is 0.966 bits per heavy atom. The van der Waals surface area contributed by atoms with E-state index in [1.165, 1.54) is 27.2 Å². The number of ketones is 3. The first-order chi connectivity index (χ1) is 27.1. The van der Waals surface area contributed by atoms with E-state index in [2.05, 4.69) is 5.32 Å². The van der Waals surface area contributed by atoms with Crippen LogP contribution in [-0.2, 0) is 47.7 Å². The molecule has 14 heteroatoms. The van der Waals surface area contributed by atoms with Gasteiger partial charge in [0.1, 0.15) is 30.1 Å². The van der Waals surface area contributed by atoms with E-state index in [-0.39, 0.29) is 36.4 Å². The van der Waals surface area contributed by atoms with Gasteiger partial charge in [-0.05, 0) is 38.2 Å². The Balaban J connectivity index is 2.40. The maximum absolute atomic E-state index is 13.9. The van der Waals surface area contributed by atoms with Crippen molar-refractivity contribution in [2.45, 2.75) is 131 Å². The summed E-state index contributed by atoms with van der Waals surface area (Å²) in [6.07, 6.45) is 4.24. The fourth-order valence-corrected chi connectivity index (χ4v) is 7.28.